The summed E-state index contributed by atoms with van der Waals surface area (Å²) in [6, 6.07) is 11.2. The van der Waals surface area contributed by atoms with Crippen molar-refractivity contribution >= 4 is 5.97 Å². The van der Waals surface area contributed by atoms with E-state index in [1.807, 2.05) is 0 Å². The standard InChI is InChI=1S/C6H12O7.2C6H6O2.K.Na.Ti/c7-1-2(8)3(9)4(10)5(11)6(12)13;2*7-5-3-1-2-4-6(5)8;;;/h2-5,7-11H,1H2,(H,12,13);2*1-4,7-8H;;;/q;;;2*+1;+4/p-5/t2-,3-,4+,5-;;;;;/m1...../s1. The molecule has 0 heterocycles. The average Bonchev–Trinajstić information content (AvgIpc) is 2.71. The van der Waals surface area contributed by atoms with Crippen molar-refractivity contribution < 1.29 is 159 Å². The van der Waals surface area contributed by atoms with E-state index in [1.165, 1.54) is 24.3 Å². The molecule has 4 atom stereocenters. The zero-order valence-electron chi connectivity index (χ0n) is 17.3. The smallest absolute Gasteiger partial charge is 0.873 e. The number of hydrogen-bond donors (Lipinski definition) is 5. The molecule has 0 fully saturated rings. The maximum Gasteiger partial charge on any atom is 4.00 e. The van der Waals surface area contributed by atoms with Crippen molar-refractivity contribution in [1.29, 1.82) is 0 Å². The predicted molar refractivity (Wildman–Crippen MR) is 86.8 cm³/mol. The molecular formula is C18H19KNaO11Ti+. The van der Waals surface area contributed by atoms with Gasteiger partial charge < -0.3 is 55.9 Å². The Morgan fingerprint density at radius 2 is 1.03 bits per heavy atom. The van der Waals surface area contributed by atoms with E-state index in [-0.39, 0.29) is 103 Å². The Morgan fingerprint density at radius 3 is 1.22 bits per heavy atom. The van der Waals surface area contributed by atoms with Gasteiger partial charge in [-0.1, -0.05) is 48.5 Å². The van der Waals surface area contributed by atoms with Gasteiger partial charge >= 0.3 is 103 Å². The summed E-state index contributed by atoms with van der Waals surface area (Å²) in [5.41, 5.74) is 0. The van der Waals surface area contributed by atoms with Gasteiger partial charge in [0.2, 0.25) is 0 Å². The second-order valence-corrected chi connectivity index (χ2v) is 5.39. The molecule has 0 aromatic heterocycles. The molecule has 5 N–H and O–H groups in total. The third-order valence-corrected chi connectivity index (χ3v) is 3.19. The zero-order valence-corrected chi connectivity index (χ0v) is 24.0. The first-order valence-electron chi connectivity index (χ1n) is 7.93. The van der Waals surface area contributed by atoms with E-state index in [1.54, 1.807) is 24.3 Å². The van der Waals surface area contributed by atoms with Gasteiger partial charge in [0.15, 0.2) is 0 Å². The fourth-order valence-electron chi connectivity index (χ4n) is 1.56. The molecule has 0 aliphatic rings. The molecule has 11 nitrogen and oxygen atoms in total. The summed E-state index contributed by atoms with van der Waals surface area (Å²) in [7, 11) is 0. The molecule has 0 unspecified atom stereocenters. The number of aliphatic hydroxyl groups is 5. The van der Waals surface area contributed by atoms with Crippen LogP contribution < -0.4 is 106 Å². The first-order valence-corrected chi connectivity index (χ1v) is 7.93. The number of aliphatic hydroxyl groups excluding tert-OH is 5. The Morgan fingerprint density at radius 1 is 0.750 bits per heavy atom. The molecule has 0 radical (unpaired) electrons. The summed E-state index contributed by atoms with van der Waals surface area (Å²) in [6.45, 7) is -0.863. The van der Waals surface area contributed by atoms with Gasteiger partial charge in [-0.05, 0) is 0 Å². The van der Waals surface area contributed by atoms with E-state index in [0.29, 0.717) is 0 Å². The molecule has 2 rings (SSSR count). The summed E-state index contributed by atoms with van der Waals surface area (Å²) in [6.07, 6.45) is -8.08. The number of aliphatic carboxylic acids is 1. The SMILES string of the molecule is O=C([O-])[C@H](O)[C@@H](O)[C@H](O)[C@H](O)CO.[K+].[Na+].[O-]c1ccccc1[O-].[O-]c1ccccc1[O-].[Ti+4]. The maximum atomic E-state index is 10.3. The normalized spacial score (nSPS) is 12.8. The van der Waals surface area contributed by atoms with E-state index >= 15 is 0 Å². The summed E-state index contributed by atoms with van der Waals surface area (Å²) in [4.78, 5) is 9.98. The van der Waals surface area contributed by atoms with Crippen LogP contribution in [0.5, 0.6) is 23.0 Å². The zero-order chi connectivity index (χ0) is 22.6. The van der Waals surface area contributed by atoms with Gasteiger partial charge in [-0.15, -0.1) is 23.0 Å². The molecule has 0 aliphatic heterocycles. The number of hydrogen-bond acceptors (Lipinski definition) is 11. The molecule has 0 spiro atoms. The van der Waals surface area contributed by atoms with Gasteiger partial charge in [0.25, 0.3) is 0 Å². The van der Waals surface area contributed by atoms with Crippen molar-refractivity contribution in [2.45, 2.75) is 24.4 Å². The van der Waals surface area contributed by atoms with Crippen LogP contribution >= 0.6 is 0 Å². The van der Waals surface area contributed by atoms with Crippen molar-refractivity contribution in [1.82, 2.24) is 0 Å². The second-order valence-electron chi connectivity index (χ2n) is 5.39. The Kier molecular flexibility index (Phi) is 26.9. The average molecular weight is 521 g/mol. The van der Waals surface area contributed by atoms with Crippen LogP contribution in [0.1, 0.15) is 0 Å². The minimum Gasteiger partial charge on any atom is -0.873 e. The fraction of sp³-hybridized carbons (Fsp3) is 0.278. The molecule has 0 amide bonds. The number of para-hydroxylation sites is 4. The summed E-state index contributed by atoms with van der Waals surface area (Å²) >= 11 is 0. The molecular weight excluding hydrogens is 502 g/mol. The van der Waals surface area contributed by atoms with Crippen molar-refractivity contribution in [3.8, 4) is 23.0 Å². The monoisotopic (exact) mass is 521 g/mol. The van der Waals surface area contributed by atoms with Gasteiger partial charge in [0.05, 0.1) is 12.6 Å². The Balaban J connectivity index is -0.000000182. The van der Waals surface area contributed by atoms with Crippen LogP contribution in [0.3, 0.4) is 0 Å². The van der Waals surface area contributed by atoms with Gasteiger partial charge in [-0.25, -0.2) is 0 Å². The van der Waals surface area contributed by atoms with Gasteiger partial charge in [-0.2, -0.15) is 0 Å². The summed E-state index contributed by atoms with van der Waals surface area (Å²) < 4.78 is 0. The van der Waals surface area contributed by atoms with Gasteiger partial charge in [-0.3, -0.25) is 0 Å². The molecule has 162 valence electrons. The van der Waals surface area contributed by atoms with E-state index in [4.69, 9.17) is 25.5 Å². The quantitative estimate of drug-likeness (QED) is 0.232. The van der Waals surface area contributed by atoms with Crippen LogP contribution in [-0.4, -0.2) is 62.5 Å². The second kappa shape index (κ2) is 21.8. The van der Waals surface area contributed by atoms with Crippen molar-refractivity contribution in [3.63, 3.8) is 0 Å². The number of carbonyl (C=O) groups is 1. The van der Waals surface area contributed by atoms with Crippen LogP contribution in [0, 0.1) is 0 Å². The molecule has 14 heteroatoms. The van der Waals surface area contributed by atoms with Crippen molar-refractivity contribution in [2.24, 2.45) is 0 Å². The predicted octanol–water partition coefficient (Wildman–Crippen LogP) is -11.2. The number of rotatable bonds is 5. The molecule has 0 aliphatic carbocycles. The van der Waals surface area contributed by atoms with E-state index < -0.39 is 60.0 Å². The Labute approximate surface area is 263 Å². The Hall–Kier alpha value is 0.261. The third-order valence-electron chi connectivity index (χ3n) is 3.19. The number of carboxylic acid groups (broad SMARTS) is 1. The van der Waals surface area contributed by atoms with Crippen LogP contribution in [0.4, 0.5) is 0 Å². The summed E-state index contributed by atoms with van der Waals surface area (Å²) in [5.74, 6) is -3.73. The van der Waals surface area contributed by atoms with Crippen molar-refractivity contribution in [3.05, 3.63) is 48.5 Å². The minimum atomic E-state index is -2.31. The third kappa shape index (κ3) is 16.0. The van der Waals surface area contributed by atoms with Gasteiger partial charge in [0.1, 0.15) is 24.4 Å². The molecule has 32 heavy (non-hydrogen) atoms. The fourth-order valence-corrected chi connectivity index (χ4v) is 1.56. The van der Waals surface area contributed by atoms with Gasteiger partial charge in [0, 0.05) is 0 Å². The van der Waals surface area contributed by atoms with E-state index in [0.717, 1.165) is 0 Å². The topological polar surface area (TPSA) is 234 Å². The molecule has 2 aromatic rings. The Bertz CT molecular complexity index is 671. The minimum absolute atomic E-state index is 0. The van der Waals surface area contributed by atoms with E-state index in [9.17, 15) is 30.3 Å². The van der Waals surface area contributed by atoms with Crippen molar-refractivity contribution in [2.75, 3.05) is 6.61 Å². The first kappa shape index (κ1) is 39.5. The number of carboxylic acids is 1. The van der Waals surface area contributed by atoms with Crippen LogP contribution in [0.15, 0.2) is 48.5 Å². The van der Waals surface area contributed by atoms with E-state index in [2.05, 4.69) is 0 Å². The largest absolute Gasteiger partial charge is 4.00 e. The first-order chi connectivity index (χ1) is 13.5. The van der Waals surface area contributed by atoms with Crippen LogP contribution in [0.25, 0.3) is 0 Å². The maximum absolute atomic E-state index is 10.3. The molecule has 0 saturated heterocycles. The molecule has 0 bridgehead atoms. The van der Waals surface area contributed by atoms with Crippen LogP contribution in [0.2, 0.25) is 0 Å². The summed E-state index contributed by atoms with van der Waals surface area (Å²) in [5, 5.41) is 94.7. The molecule has 0 saturated carbocycles. The molecule has 2 aromatic carbocycles. The number of carbonyl (C=O) groups excluding carboxylic acids is 1. The number of benzene rings is 2. The van der Waals surface area contributed by atoms with Crippen LogP contribution in [-0.2, 0) is 26.5 Å².